The van der Waals surface area contributed by atoms with Crippen molar-refractivity contribution in [1.29, 1.82) is 0 Å². The number of hydrogen-bond donors (Lipinski definition) is 1. The summed E-state index contributed by atoms with van der Waals surface area (Å²) < 4.78 is 18.6. The van der Waals surface area contributed by atoms with Gasteiger partial charge in [-0.15, -0.1) is 11.8 Å². The number of likely N-dealkylation sites (tertiary alicyclic amines) is 1. The fourth-order valence-electron chi connectivity index (χ4n) is 3.92. The standard InChI is InChI=1S/C20H26FNO4S/c1-13(12-27-16-4-2-15(21)3-5-16)19(23)22-9-6-14(7-10-22)18-17(20(24)25)8-11-26-18/h2-5,13-14,17-18H,6-12H2,1H3,(H,24,25)/t13?,17?,18-/m0/s1. The minimum absolute atomic E-state index is 0.119. The SMILES string of the molecule is CC(CSc1ccc(F)cc1)C(=O)N1CCC([C@@H]2OCCC2C(=O)O)CC1. The summed E-state index contributed by atoms with van der Waals surface area (Å²) in [5.74, 6) is -0.580. The highest BCUT2D eigenvalue weighted by Crippen LogP contribution is 2.33. The van der Waals surface area contributed by atoms with E-state index in [1.165, 1.54) is 12.1 Å². The van der Waals surface area contributed by atoms with E-state index in [-0.39, 0.29) is 29.7 Å². The number of hydrogen-bond acceptors (Lipinski definition) is 4. The van der Waals surface area contributed by atoms with Crippen LogP contribution in [0.25, 0.3) is 0 Å². The van der Waals surface area contributed by atoms with Gasteiger partial charge >= 0.3 is 5.97 Å². The number of piperidine rings is 1. The Morgan fingerprint density at radius 2 is 1.93 bits per heavy atom. The number of amides is 1. The summed E-state index contributed by atoms with van der Waals surface area (Å²) in [5.41, 5.74) is 0. The summed E-state index contributed by atoms with van der Waals surface area (Å²) in [7, 11) is 0. The predicted octanol–water partition coefficient (Wildman–Crippen LogP) is 3.28. The topological polar surface area (TPSA) is 66.8 Å². The molecule has 0 spiro atoms. The van der Waals surface area contributed by atoms with Crippen LogP contribution in [0, 0.1) is 23.6 Å². The third kappa shape index (κ3) is 5.02. The van der Waals surface area contributed by atoms with Crippen molar-refractivity contribution in [2.45, 2.75) is 37.2 Å². The lowest BCUT2D eigenvalue weighted by Crippen LogP contribution is -2.45. The smallest absolute Gasteiger partial charge is 0.309 e. The van der Waals surface area contributed by atoms with Gasteiger partial charge in [0, 0.05) is 36.3 Å². The number of ether oxygens (including phenoxy) is 1. The number of benzene rings is 1. The second-order valence-corrected chi connectivity index (χ2v) is 8.49. The third-order valence-electron chi connectivity index (χ3n) is 5.50. The molecular formula is C20H26FNO4S. The van der Waals surface area contributed by atoms with Crippen molar-refractivity contribution in [2.75, 3.05) is 25.4 Å². The van der Waals surface area contributed by atoms with E-state index in [0.29, 0.717) is 31.9 Å². The lowest BCUT2D eigenvalue weighted by Gasteiger charge is -2.36. The molecule has 0 bridgehead atoms. The molecule has 148 valence electrons. The van der Waals surface area contributed by atoms with Crippen LogP contribution in [-0.4, -0.2) is 53.4 Å². The first-order valence-electron chi connectivity index (χ1n) is 9.47. The van der Waals surface area contributed by atoms with Gasteiger partial charge in [-0.05, 0) is 49.4 Å². The number of carboxylic acid groups (broad SMARTS) is 1. The summed E-state index contributed by atoms with van der Waals surface area (Å²) in [6.45, 7) is 3.74. The number of rotatable bonds is 6. The van der Waals surface area contributed by atoms with Crippen molar-refractivity contribution < 1.29 is 23.8 Å². The predicted molar refractivity (Wildman–Crippen MR) is 101 cm³/mol. The molecule has 2 aliphatic heterocycles. The Labute approximate surface area is 163 Å². The molecule has 3 atom stereocenters. The zero-order chi connectivity index (χ0) is 19.4. The molecule has 1 N–H and O–H groups in total. The summed E-state index contributed by atoms with van der Waals surface area (Å²) in [5, 5.41) is 9.33. The zero-order valence-electron chi connectivity index (χ0n) is 15.5. The van der Waals surface area contributed by atoms with Gasteiger partial charge in [-0.1, -0.05) is 6.92 Å². The molecule has 2 aliphatic rings. The molecule has 0 saturated carbocycles. The van der Waals surface area contributed by atoms with E-state index in [1.54, 1.807) is 23.9 Å². The van der Waals surface area contributed by atoms with Crippen molar-refractivity contribution in [2.24, 2.45) is 17.8 Å². The Kier molecular flexibility index (Phi) is 6.76. The summed E-state index contributed by atoms with van der Waals surface area (Å²) >= 11 is 1.55. The van der Waals surface area contributed by atoms with Crippen LogP contribution >= 0.6 is 11.8 Å². The minimum Gasteiger partial charge on any atom is -0.481 e. The molecule has 5 nitrogen and oxygen atoms in total. The Balaban J connectivity index is 1.46. The first-order valence-corrected chi connectivity index (χ1v) is 10.5. The Hall–Kier alpha value is -1.60. The molecule has 2 unspecified atom stereocenters. The van der Waals surface area contributed by atoms with Crippen LogP contribution in [0.5, 0.6) is 0 Å². The fraction of sp³-hybridized carbons (Fsp3) is 0.600. The molecule has 1 aromatic carbocycles. The zero-order valence-corrected chi connectivity index (χ0v) is 16.3. The van der Waals surface area contributed by atoms with Crippen LogP contribution in [0.1, 0.15) is 26.2 Å². The normalized spacial score (nSPS) is 24.7. The monoisotopic (exact) mass is 395 g/mol. The van der Waals surface area contributed by atoms with Gasteiger partial charge in [0.1, 0.15) is 5.82 Å². The minimum atomic E-state index is -0.776. The van der Waals surface area contributed by atoms with Crippen molar-refractivity contribution in [1.82, 2.24) is 4.90 Å². The number of aliphatic carboxylic acids is 1. The summed E-state index contributed by atoms with van der Waals surface area (Å²) in [6.07, 6.45) is 1.94. The third-order valence-corrected chi connectivity index (χ3v) is 6.78. The van der Waals surface area contributed by atoms with Gasteiger partial charge in [0.2, 0.25) is 5.91 Å². The maximum Gasteiger partial charge on any atom is 0.309 e. The quantitative estimate of drug-likeness (QED) is 0.749. The molecule has 27 heavy (non-hydrogen) atoms. The largest absolute Gasteiger partial charge is 0.481 e. The van der Waals surface area contributed by atoms with Gasteiger partial charge < -0.3 is 14.7 Å². The van der Waals surface area contributed by atoms with E-state index in [9.17, 15) is 19.1 Å². The van der Waals surface area contributed by atoms with E-state index in [4.69, 9.17) is 4.74 Å². The average molecular weight is 395 g/mol. The molecule has 1 aromatic rings. The van der Waals surface area contributed by atoms with Gasteiger partial charge in [-0.3, -0.25) is 9.59 Å². The van der Waals surface area contributed by atoms with Crippen LogP contribution in [-0.2, 0) is 14.3 Å². The molecule has 2 heterocycles. The van der Waals surface area contributed by atoms with Crippen LogP contribution in [0.3, 0.4) is 0 Å². The molecule has 1 amide bonds. The lowest BCUT2D eigenvalue weighted by molar-refractivity contribution is -0.146. The van der Waals surface area contributed by atoms with E-state index >= 15 is 0 Å². The maximum absolute atomic E-state index is 13.0. The molecule has 2 saturated heterocycles. The average Bonchev–Trinajstić information content (AvgIpc) is 3.17. The Bertz CT molecular complexity index is 660. The number of carbonyl (C=O) groups excluding carboxylic acids is 1. The van der Waals surface area contributed by atoms with Gasteiger partial charge in [0.25, 0.3) is 0 Å². The highest BCUT2D eigenvalue weighted by atomic mass is 32.2. The maximum atomic E-state index is 13.0. The fourth-order valence-corrected chi connectivity index (χ4v) is 4.84. The van der Waals surface area contributed by atoms with Crippen LogP contribution in [0.2, 0.25) is 0 Å². The van der Waals surface area contributed by atoms with E-state index in [0.717, 1.165) is 17.7 Å². The Morgan fingerprint density at radius 3 is 2.56 bits per heavy atom. The lowest BCUT2D eigenvalue weighted by atomic mass is 9.84. The summed E-state index contributed by atoms with van der Waals surface area (Å²) in [6, 6.07) is 6.30. The van der Waals surface area contributed by atoms with Crippen molar-refractivity contribution >= 4 is 23.6 Å². The van der Waals surface area contributed by atoms with Gasteiger partial charge in [-0.25, -0.2) is 4.39 Å². The number of thioether (sulfide) groups is 1. The van der Waals surface area contributed by atoms with Crippen LogP contribution in [0.15, 0.2) is 29.2 Å². The van der Waals surface area contributed by atoms with Crippen molar-refractivity contribution in [3.8, 4) is 0 Å². The second-order valence-electron chi connectivity index (χ2n) is 7.40. The second kappa shape index (κ2) is 9.06. The molecule has 2 fully saturated rings. The number of halogens is 1. The Morgan fingerprint density at radius 1 is 1.26 bits per heavy atom. The molecule has 0 aromatic heterocycles. The van der Waals surface area contributed by atoms with Crippen molar-refractivity contribution in [3.63, 3.8) is 0 Å². The van der Waals surface area contributed by atoms with Gasteiger partial charge in [-0.2, -0.15) is 0 Å². The highest BCUT2D eigenvalue weighted by Gasteiger charge is 2.41. The molecule has 0 radical (unpaired) electrons. The van der Waals surface area contributed by atoms with Gasteiger partial charge in [0.05, 0.1) is 12.0 Å². The molecular weight excluding hydrogens is 369 g/mol. The van der Waals surface area contributed by atoms with E-state index in [2.05, 4.69) is 0 Å². The summed E-state index contributed by atoms with van der Waals surface area (Å²) in [4.78, 5) is 26.9. The number of carboxylic acids is 1. The number of carbonyl (C=O) groups is 2. The first kappa shape index (κ1) is 20.1. The van der Waals surface area contributed by atoms with Crippen LogP contribution in [0.4, 0.5) is 4.39 Å². The molecule has 7 heteroatoms. The highest BCUT2D eigenvalue weighted by molar-refractivity contribution is 7.99. The van der Waals surface area contributed by atoms with Crippen molar-refractivity contribution in [3.05, 3.63) is 30.1 Å². The van der Waals surface area contributed by atoms with Gasteiger partial charge in [0.15, 0.2) is 0 Å². The van der Waals surface area contributed by atoms with Crippen LogP contribution < -0.4 is 0 Å². The van der Waals surface area contributed by atoms with E-state index in [1.807, 2.05) is 11.8 Å². The number of nitrogens with zero attached hydrogens (tertiary/aromatic N) is 1. The molecule has 3 rings (SSSR count). The first-order chi connectivity index (χ1) is 13.0. The molecule has 0 aliphatic carbocycles. The van der Waals surface area contributed by atoms with E-state index < -0.39 is 11.9 Å².